The second-order valence-electron chi connectivity index (χ2n) is 4.72. The minimum Gasteiger partial charge on any atom is -0.483 e. The van der Waals surface area contributed by atoms with Crippen LogP contribution in [0.2, 0.25) is 0 Å². The highest BCUT2D eigenvalue weighted by molar-refractivity contribution is 5.77. The average molecular weight is 289 g/mol. The highest BCUT2D eigenvalue weighted by Gasteiger charge is 2.16. The number of nitrogens with zero attached hydrogens (tertiary/aromatic N) is 2. The number of aromatic nitrogens is 2. The molecule has 2 aromatic rings. The number of rotatable bonds is 6. The molecule has 1 amide bonds. The van der Waals surface area contributed by atoms with Gasteiger partial charge in [0.15, 0.2) is 12.4 Å². The summed E-state index contributed by atoms with van der Waals surface area (Å²) in [5.41, 5.74) is 1.07. The molecule has 0 unspecified atom stereocenters. The van der Waals surface area contributed by atoms with Crippen LogP contribution in [0, 0.1) is 6.92 Å². The van der Waals surface area contributed by atoms with Crippen molar-refractivity contribution in [2.24, 2.45) is 0 Å². The standard InChI is InChI=1S/C15H19N3O3/c1-4-12-7-5-6-8-13(12)20-9-14(19)16-10(2)15-17-11(3)18-21-15/h5-8,10H,4,9H2,1-3H3,(H,16,19)/t10-/m0/s1. The van der Waals surface area contributed by atoms with Gasteiger partial charge in [0.2, 0.25) is 5.89 Å². The molecule has 6 nitrogen and oxygen atoms in total. The lowest BCUT2D eigenvalue weighted by Gasteiger charge is -2.12. The Hall–Kier alpha value is -2.37. The van der Waals surface area contributed by atoms with Gasteiger partial charge in [-0.15, -0.1) is 0 Å². The van der Waals surface area contributed by atoms with E-state index < -0.39 is 0 Å². The molecule has 0 bridgehead atoms. The molecule has 6 heteroatoms. The molecule has 1 aromatic carbocycles. The fourth-order valence-corrected chi connectivity index (χ4v) is 1.91. The Bertz CT molecular complexity index is 610. The van der Waals surface area contributed by atoms with E-state index in [1.165, 1.54) is 0 Å². The number of carbonyl (C=O) groups excluding carboxylic acids is 1. The van der Waals surface area contributed by atoms with Gasteiger partial charge in [-0.3, -0.25) is 4.79 Å². The number of para-hydroxylation sites is 1. The SMILES string of the molecule is CCc1ccccc1OCC(=O)N[C@@H](C)c1nc(C)no1. The molecule has 2 rings (SSSR count). The maximum Gasteiger partial charge on any atom is 0.258 e. The second kappa shape index (κ2) is 6.88. The molecule has 0 aliphatic carbocycles. The van der Waals surface area contributed by atoms with Crippen molar-refractivity contribution in [2.75, 3.05) is 6.61 Å². The number of ether oxygens (including phenoxy) is 1. The van der Waals surface area contributed by atoms with Crippen LogP contribution in [-0.2, 0) is 11.2 Å². The Kier molecular flexibility index (Phi) is 4.92. The first-order valence-electron chi connectivity index (χ1n) is 6.90. The van der Waals surface area contributed by atoms with Gasteiger partial charge < -0.3 is 14.6 Å². The van der Waals surface area contributed by atoms with Crippen LogP contribution in [0.4, 0.5) is 0 Å². The lowest BCUT2D eigenvalue weighted by atomic mass is 10.1. The van der Waals surface area contributed by atoms with Crippen LogP contribution in [-0.4, -0.2) is 22.7 Å². The molecule has 0 aliphatic heterocycles. The molecule has 0 radical (unpaired) electrons. The Morgan fingerprint density at radius 1 is 1.43 bits per heavy atom. The summed E-state index contributed by atoms with van der Waals surface area (Å²) in [5.74, 6) is 1.43. The minimum atomic E-state index is -0.344. The van der Waals surface area contributed by atoms with E-state index in [0.717, 1.165) is 17.7 Å². The highest BCUT2D eigenvalue weighted by Crippen LogP contribution is 2.18. The smallest absolute Gasteiger partial charge is 0.258 e. The molecule has 1 N–H and O–H groups in total. The summed E-state index contributed by atoms with van der Waals surface area (Å²) in [6, 6.07) is 7.33. The van der Waals surface area contributed by atoms with Crippen molar-refractivity contribution >= 4 is 5.91 Å². The Labute approximate surface area is 123 Å². The predicted octanol–water partition coefficient (Wildman–Crippen LogP) is 2.20. The van der Waals surface area contributed by atoms with Crippen molar-refractivity contribution in [1.29, 1.82) is 0 Å². The number of aryl methyl sites for hydroxylation is 2. The monoisotopic (exact) mass is 289 g/mol. The zero-order valence-electron chi connectivity index (χ0n) is 12.4. The predicted molar refractivity (Wildman–Crippen MR) is 76.9 cm³/mol. The van der Waals surface area contributed by atoms with Gasteiger partial charge >= 0.3 is 0 Å². The van der Waals surface area contributed by atoms with Gasteiger partial charge in [0, 0.05) is 0 Å². The molecule has 1 atom stereocenters. The van der Waals surface area contributed by atoms with E-state index in [1.54, 1.807) is 13.8 Å². The third-order valence-electron chi connectivity index (χ3n) is 3.00. The summed E-state index contributed by atoms with van der Waals surface area (Å²) < 4.78 is 10.6. The Morgan fingerprint density at radius 2 is 2.19 bits per heavy atom. The van der Waals surface area contributed by atoms with Gasteiger partial charge in [0.1, 0.15) is 11.8 Å². The van der Waals surface area contributed by atoms with E-state index in [0.29, 0.717) is 11.7 Å². The number of hydrogen-bond acceptors (Lipinski definition) is 5. The molecule has 112 valence electrons. The van der Waals surface area contributed by atoms with Crippen molar-refractivity contribution in [3.05, 3.63) is 41.5 Å². The molecule has 1 heterocycles. The molecular weight excluding hydrogens is 270 g/mol. The maximum absolute atomic E-state index is 11.9. The molecule has 21 heavy (non-hydrogen) atoms. The Balaban J connectivity index is 1.87. The van der Waals surface area contributed by atoms with Crippen LogP contribution in [0.3, 0.4) is 0 Å². The largest absolute Gasteiger partial charge is 0.483 e. The fraction of sp³-hybridized carbons (Fsp3) is 0.400. The normalized spacial score (nSPS) is 12.0. The third kappa shape index (κ3) is 4.05. The van der Waals surface area contributed by atoms with E-state index in [4.69, 9.17) is 9.26 Å². The molecular formula is C15H19N3O3. The summed E-state index contributed by atoms with van der Waals surface area (Å²) in [4.78, 5) is 16.0. The van der Waals surface area contributed by atoms with Gasteiger partial charge in [-0.05, 0) is 31.9 Å². The fourth-order valence-electron chi connectivity index (χ4n) is 1.91. The van der Waals surface area contributed by atoms with Gasteiger partial charge in [0.05, 0.1) is 0 Å². The molecule has 0 saturated carbocycles. The first-order chi connectivity index (χ1) is 10.1. The van der Waals surface area contributed by atoms with E-state index in [2.05, 4.69) is 15.5 Å². The van der Waals surface area contributed by atoms with Crippen LogP contribution in [0.25, 0.3) is 0 Å². The average Bonchev–Trinajstić information content (AvgIpc) is 2.92. The van der Waals surface area contributed by atoms with Gasteiger partial charge in [-0.25, -0.2) is 0 Å². The summed E-state index contributed by atoms with van der Waals surface area (Å²) >= 11 is 0. The number of hydrogen-bond donors (Lipinski definition) is 1. The number of amides is 1. The third-order valence-corrected chi connectivity index (χ3v) is 3.00. The topological polar surface area (TPSA) is 77.2 Å². The van der Waals surface area contributed by atoms with Crippen molar-refractivity contribution in [3.63, 3.8) is 0 Å². The summed E-state index contributed by atoms with van der Waals surface area (Å²) in [5, 5.41) is 6.45. The van der Waals surface area contributed by atoms with E-state index in [1.807, 2.05) is 31.2 Å². The van der Waals surface area contributed by atoms with Crippen LogP contribution in [0.1, 0.15) is 37.2 Å². The zero-order valence-corrected chi connectivity index (χ0v) is 12.4. The zero-order chi connectivity index (χ0) is 15.2. The highest BCUT2D eigenvalue weighted by atomic mass is 16.5. The number of benzene rings is 1. The van der Waals surface area contributed by atoms with E-state index >= 15 is 0 Å². The summed E-state index contributed by atoms with van der Waals surface area (Å²) in [6.07, 6.45) is 0.857. The first kappa shape index (κ1) is 15.0. The Morgan fingerprint density at radius 3 is 2.86 bits per heavy atom. The van der Waals surface area contributed by atoms with Crippen LogP contribution < -0.4 is 10.1 Å². The lowest BCUT2D eigenvalue weighted by Crippen LogP contribution is -2.31. The van der Waals surface area contributed by atoms with Crippen molar-refractivity contribution in [1.82, 2.24) is 15.5 Å². The number of nitrogens with one attached hydrogen (secondary N) is 1. The van der Waals surface area contributed by atoms with E-state index in [-0.39, 0.29) is 18.6 Å². The van der Waals surface area contributed by atoms with Crippen LogP contribution >= 0.6 is 0 Å². The summed E-state index contributed by atoms with van der Waals surface area (Å²) in [6.45, 7) is 5.51. The minimum absolute atomic E-state index is 0.0472. The molecule has 1 aromatic heterocycles. The lowest BCUT2D eigenvalue weighted by molar-refractivity contribution is -0.123. The summed E-state index contributed by atoms with van der Waals surface area (Å²) in [7, 11) is 0. The van der Waals surface area contributed by atoms with E-state index in [9.17, 15) is 4.79 Å². The van der Waals surface area contributed by atoms with Crippen molar-refractivity contribution < 1.29 is 14.1 Å². The quantitative estimate of drug-likeness (QED) is 0.882. The van der Waals surface area contributed by atoms with Gasteiger partial charge in [-0.2, -0.15) is 4.98 Å². The van der Waals surface area contributed by atoms with Crippen LogP contribution in [0.15, 0.2) is 28.8 Å². The van der Waals surface area contributed by atoms with Crippen molar-refractivity contribution in [3.8, 4) is 5.75 Å². The number of carbonyl (C=O) groups is 1. The molecule has 0 aliphatic rings. The second-order valence-corrected chi connectivity index (χ2v) is 4.72. The molecule has 0 fully saturated rings. The molecule has 0 spiro atoms. The van der Waals surface area contributed by atoms with Crippen LogP contribution in [0.5, 0.6) is 5.75 Å². The van der Waals surface area contributed by atoms with Gasteiger partial charge in [0.25, 0.3) is 5.91 Å². The van der Waals surface area contributed by atoms with Crippen molar-refractivity contribution in [2.45, 2.75) is 33.2 Å². The first-order valence-corrected chi connectivity index (χ1v) is 6.90. The maximum atomic E-state index is 11.9. The van der Waals surface area contributed by atoms with Gasteiger partial charge in [-0.1, -0.05) is 30.3 Å². The molecule has 0 saturated heterocycles.